The van der Waals surface area contributed by atoms with Gasteiger partial charge in [0.25, 0.3) is 0 Å². The van der Waals surface area contributed by atoms with Crippen LogP contribution in [0.2, 0.25) is 0 Å². The van der Waals surface area contributed by atoms with Crippen molar-refractivity contribution in [3.8, 4) is 5.69 Å². The summed E-state index contributed by atoms with van der Waals surface area (Å²) >= 11 is 0. The van der Waals surface area contributed by atoms with Gasteiger partial charge < -0.3 is 20.1 Å². The van der Waals surface area contributed by atoms with Gasteiger partial charge in [-0.2, -0.15) is 18.3 Å². The number of nitrogens with zero attached hydrogens (tertiary/aromatic N) is 6. The SMILES string of the molecule is Cc1ncn(-c2ccc(Nc3ncc4cccc(N5CCOCC5)c4n3)cc2)n1.O=C(O)C(F)(F)F. The molecule has 1 fully saturated rings. The fourth-order valence-corrected chi connectivity index (χ4v) is 3.46. The van der Waals surface area contributed by atoms with Crippen molar-refractivity contribution in [3.05, 3.63) is 60.8 Å². The van der Waals surface area contributed by atoms with Crippen LogP contribution in [0.25, 0.3) is 16.6 Å². The van der Waals surface area contributed by atoms with Crippen LogP contribution in [0.3, 0.4) is 0 Å². The molecule has 13 heteroatoms. The number of hydrogen-bond donors (Lipinski definition) is 2. The Morgan fingerprint density at radius 2 is 1.78 bits per heavy atom. The number of alkyl halides is 3. The van der Waals surface area contributed by atoms with Crippen LogP contribution in [0.1, 0.15) is 5.82 Å². The number of aromatic nitrogens is 5. The number of benzene rings is 2. The summed E-state index contributed by atoms with van der Waals surface area (Å²) in [5, 5.41) is 15.8. The Balaban J connectivity index is 0.000000384. The van der Waals surface area contributed by atoms with Crippen LogP contribution in [0.15, 0.2) is 55.0 Å². The van der Waals surface area contributed by atoms with Gasteiger partial charge in [-0.1, -0.05) is 12.1 Å². The molecule has 36 heavy (non-hydrogen) atoms. The number of rotatable bonds is 4. The zero-order valence-electron chi connectivity index (χ0n) is 19.1. The first-order valence-electron chi connectivity index (χ1n) is 10.8. The maximum Gasteiger partial charge on any atom is 0.490 e. The highest BCUT2D eigenvalue weighted by Gasteiger charge is 2.38. The number of aliphatic carboxylic acids is 1. The number of carboxylic acid groups (broad SMARTS) is 1. The zero-order valence-corrected chi connectivity index (χ0v) is 19.1. The summed E-state index contributed by atoms with van der Waals surface area (Å²) in [4.78, 5) is 24.7. The van der Waals surface area contributed by atoms with E-state index < -0.39 is 12.1 Å². The number of nitrogens with one attached hydrogen (secondary N) is 1. The molecule has 0 aliphatic carbocycles. The van der Waals surface area contributed by atoms with Gasteiger partial charge in [0.2, 0.25) is 5.95 Å². The highest BCUT2D eigenvalue weighted by Crippen LogP contribution is 2.27. The van der Waals surface area contributed by atoms with Gasteiger partial charge in [0.1, 0.15) is 12.2 Å². The molecule has 2 aromatic carbocycles. The average Bonchev–Trinajstić information content (AvgIpc) is 3.30. The van der Waals surface area contributed by atoms with Gasteiger partial charge >= 0.3 is 12.1 Å². The standard InChI is InChI=1S/C21H21N7O.C2HF3O2/c1-15-23-14-28(26-15)18-7-5-17(6-8-18)24-21-22-13-16-3-2-4-19(20(16)25-21)27-9-11-29-12-10-27;3-2(4,5)1(6)7/h2-8,13-14H,9-12H2,1H3,(H,22,24,25);(H,6,7). The third kappa shape index (κ3) is 6.05. The molecule has 1 aliphatic rings. The number of aryl methyl sites for hydroxylation is 1. The third-order valence-electron chi connectivity index (χ3n) is 5.18. The fraction of sp³-hybridized carbons (Fsp3) is 0.261. The molecule has 0 amide bonds. The van der Waals surface area contributed by atoms with E-state index in [1.165, 1.54) is 0 Å². The smallest absolute Gasteiger partial charge is 0.475 e. The second-order valence-electron chi connectivity index (χ2n) is 7.72. The lowest BCUT2D eigenvalue weighted by atomic mass is 10.2. The Labute approximate surface area is 203 Å². The highest BCUT2D eigenvalue weighted by atomic mass is 19.4. The molecule has 0 atom stereocenters. The van der Waals surface area contributed by atoms with Gasteiger partial charge in [-0.15, -0.1) is 0 Å². The first-order valence-corrected chi connectivity index (χ1v) is 10.8. The maximum atomic E-state index is 10.6. The zero-order chi connectivity index (χ0) is 25.7. The molecule has 4 aromatic rings. The topological polar surface area (TPSA) is 118 Å². The van der Waals surface area contributed by atoms with E-state index in [1.54, 1.807) is 11.0 Å². The molecule has 0 bridgehead atoms. The minimum Gasteiger partial charge on any atom is -0.475 e. The Kier molecular flexibility index (Phi) is 7.29. The summed E-state index contributed by atoms with van der Waals surface area (Å²) < 4.78 is 39.0. The Hall–Kier alpha value is -4.26. The van der Waals surface area contributed by atoms with Crippen LogP contribution in [0.4, 0.5) is 30.5 Å². The average molecular weight is 501 g/mol. The molecule has 5 rings (SSSR count). The largest absolute Gasteiger partial charge is 0.490 e. The van der Waals surface area contributed by atoms with Crippen molar-refractivity contribution in [2.75, 3.05) is 36.5 Å². The molecule has 0 unspecified atom stereocenters. The Morgan fingerprint density at radius 3 is 2.39 bits per heavy atom. The predicted molar refractivity (Wildman–Crippen MR) is 126 cm³/mol. The number of carboxylic acids is 1. The van der Waals surface area contributed by atoms with Crippen molar-refractivity contribution in [1.82, 2.24) is 24.7 Å². The molecule has 0 spiro atoms. The summed E-state index contributed by atoms with van der Waals surface area (Å²) in [6.45, 7) is 5.09. The maximum absolute atomic E-state index is 10.6. The molecule has 0 saturated carbocycles. The van der Waals surface area contributed by atoms with E-state index >= 15 is 0 Å². The van der Waals surface area contributed by atoms with Crippen LogP contribution < -0.4 is 10.2 Å². The lowest BCUT2D eigenvalue weighted by Gasteiger charge is -2.29. The van der Waals surface area contributed by atoms with Gasteiger partial charge in [-0.25, -0.2) is 24.4 Å². The molecular weight excluding hydrogens is 479 g/mol. The van der Waals surface area contributed by atoms with E-state index in [9.17, 15) is 13.2 Å². The van der Waals surface area contributed by atoms with Crippen molar-refractivity contribution in [2.24, 2.45) is 0 Å². The van der Waals surface area contributed by atoms with Crippen molar-refractivity contribution in [2.45, 2.75) is 13.1 Å². The van der Waals surface area contributed by atoms with Crippen molar-refractivity contribution >= 4 is 34.2 Å². The molecule has 2 N–H and O–H groups in total. The summed E-state index contributed by atoms with van der Waals surface area (Å²) in [5.74, 6) is -1.44. The van der Waals surface area contributed by atoms with E-state index in [-0.39, 0.29) is 0 Å². The quantitative estimate of drug-likeness (QED) is 0.431. The van der Waals surface area contributed by atoms with Gasteiger partial charge in [0.05, 0.1) is 30.1 Å². The molecule has 1 saturated heterocycles. The van der Waals surface area contributed by atoms with E-state index in [0.29, 0.717) is 5.95 Å². The number of halogens is 3. The van der Waals surface area contributed by atoms with Crippen molar-refractivity contribution < 1.29 is 27.8 Å². The van der Waals surface area contributed by atoms with Gasteiger partial charge in [-0.3, -0.25) is 0 Å². The summed E-state index contributed by atoms with van der Waals surface area (Å²) in [6, 6.07) is 14.1. The van der Waals surface area contributed by atoms with Crippen LogP contribution in [0, 0.1) is 6.92 Å². The van der Waals surface area contributed by atoms with Crippen LogP contribution in [-0.4, -0.2) is 68.3 Å². The predicted octanol–water partition coefficient (Wildman–Crippen LogP) is 3.73. The van der Waals surface area contributed by atoms with Gasteiger partial charge in [-0.05, 0) is 37.3 Å². The molecule has 3 heterocycles. The number of fused-ring (bicyclic) bond motifs is 1. The number of ether oxygens (including phenoxy) is 1. The Morgan fingerprint density at radius 1 is 1.08 bits per heavy atom. The number of morpholine rings is 1. The second kappa shape index (κ2) is 10.6. The minimum atomic E-state index is -5.08. The first kappa shape index (κ1) is 24.9. The number of para-hydroxylation sites is 1. The lowest BCUT2D eigenvalue weighted by molar-refractivity contribution is -0.192. The monoisotopic (exact) mass is 501 g/mol. The lowest BCUT2D eigenvalue weighted by Crippen LogP contribution is -2.36. The molecular formula is C23H22F3N7O3. The minimum absolute atomic E-state index is 0.572. The number of carbonyl (C=O) groups is 1. The summed E-state index contributed by atoms with van der Waals surface area (Å²) in [7, 11) is 0. The van der Waals surface area contributed by atoms with Crippen LogP contribution in [0.5, 0.6) is 0 Å². The summed E-state index contributed by atoms with van der Waals surface area (Å²) in [5.41, 5.74) is 3.92. The van der Waals surface area contributed by atoms with Crippen molar-refractivity contribution in [1.29, 1.82) is 0 Å². The van der Waals surface area contributed by atoms with E-state index in [2.05, 4.69) is 31.3 Å². The van der Waals surface area contributed by atoms with Crippen molar-refractivity contribution in [3.63, 3.8) is 0 Å². The van der Waals surface area contributed by atoms with Gasteiger partial charge in [0.15, 0.2) is 0 Å². The highest BCUT2D eigenvalue weighted by molar-refractivity contribution is 5.91. The van der Waals surface area contributed by atoms with E-state index in [4.69, 9.17) is 19.6 Å². The van der Waals surface area contributed by atoms with Gasteiger partial charge in [0, 0.05) is 30.4 Å². The molecule has 10 nitrogen and oxygen atoms in total. The molecule has 188 valence electrons. The second-order valence-corrected chi connectivity index (χ2v) is 7.72. The third-order valence-corrected chi connectivity index (χ3v) is 5.18. The molecule has 1 aliphatic heterocycles. The number of anilines is 3. The fourth-order valence-electron chi connectivity index (χ4n) is 3.46. The van der Waals surface area contributed by atoms with Crippen LogP contribution >= 0.6 is 0 Å². The normalized spacial score (nSPS) is 13.7. The molecule has 0 radical (unpaired) electrons. The first-order chi connectivity index (χ1) is 17.2. The van der Waals surface area contributed by atoms with E-state index in [0.717, 1.165) is 60.1 Å². The summed E-state index contributed by atoms with van der Waals surface area (Å²) in [6.07, 6.45) is -1.52. The van der Waals surface area contributed by atoms with Crippen LogP contribution in [-0.2, 0) is 9.53 Å². The van der Waals surface area contributed by atoms with E-state index in [1.807, 2.05) is 49.5 Å². The Bertz CT molecular complexity index is 1340. The molecule has 2 aromatic heterocycles. The number of hydrogen-bond acceptors (Lipinski definition) is 8.